The summed E-state index contributed by atoms with van der Waals surface area (Å²) in [4.78, 5) is 24.4. The Morgan fingerprint density at radius 3 is 2.68 bits per heavy atom. The molecule has 1 amide bonds. The standard InChI is InChI=1S/C19H18ClN3O4S/c1-11-4-6-13(7-5-11)23-18(19(25)27-22-23)28-10-17(24)21-15-8-12(2)14(20)9-16(15)26-3/h4-9H,10H2,1-3H3,(H-,21,22,24,25)/p+1. The quantitative estimate of drug-likeness (QED) is 0.472. The van der Waals surface area contributed by atoms with Crippen molar-refractivity contribution in [3.05, 3.63) is 63.0 Å². The molecule has 2 N–H and O–H groups in total. The molecule has 2 aromatic carbocycles. The smallest absolute Gasteiger partial charge is 0.442 e. The highest BCUT2D eigenvalue weighted by Gasteiger charge is 2.25. The summed E-state index contributed by atoms with van der Waals surface area (Å²) in [5, 5.41) is 6.17. The van der Waals surface area contributed by atoms with Gasteiger partial charge in [0.1, 0.15) is 5.75 Å². The van der Waals surface area contributed by atoms with Crippen molar-refractivity contribution in [1.29, 1.82) is 0 Å². The molecule has 146 valence electrons. The minimum Gasteiger partial charge on any atom is -0.495 e. The van der Waals surface area contributed by atoms with Crippen molar-refractivity contribution < 1.29 is 18.7 Å². The van der Waals surface area contributed by atoms with Crippen molar-refractivity contribution in [3.8, 4) is 11.4 Å². The fourth-order valence-electron chi connectivity index (χ4n) is 2.50. The van der Waals surface area contributed by atoms with Gasteiger partial charge in [-0.1, -0.05) is 29.3 Å². The van der Waals surface area contributed by atoms with Gasteiger partial charge < -0.3 is 10.1 Å². The van der Waals surface area contributed by atoms with Crippen LogP contribution in [0.1, 0.15) is 11.1 Å². The molecule has 1 aromatic heterocycles. The van der Waals surface area contributed by atoms with Gasteiger partial charge in [-0.05, 0) is 47.2 Å². The predicted octanol–water partition coefficient (Wildman–Crippen LogP) is 3.25. The number of ether oxygens (including phenoxy) is 1. The van der Waals surface area contributed by atoms with Gasteiger partial charge in [-0.2, -0.15) is 0 Å². The maximum atomic E-state index is 12.4. The number of aryl methyl sites for hydroxylation is 2. The number of H-pyrrole nitrogens is 1. The average molecular weight is 421 g/mol. The Bertz CT molecular complexity index is 1060. The topological polar surface area (TPSA) is 88.2 Å². The minimum absolute atomic E-state index is 0.0132. The Morgan fingerprint density at radius 1 is 1.29 bits per heavy atom. The van der Waals surface area contributed by atoms with Crippen LogP contribution in [0, 0.1) is 13.8 Å². The van der Waals surface area contributed by atoms with E-state index >= 15 is 0 Å². The van der Waals surface area contributed by atoms with Crippen LogP contribution in [0.25, 0.3) is 5.69 Å². The third kappa shape index (κ3) is 4.40. The Morgan fingerprint density at radius 2 is 2.00 bits per heavy atom. The molecule has 0 spiro atoms. The van der Waals surface area contributed by atoms with Crippen LogP contribution in [0.4, 0.5) is 5.69 Å². The first-order valence-corrected chi connectivity index (χ1v) is 9.72. The highest BCUT2D eigenvalue weighted by Crippen LogP contribution is 2.31. The number of aromatic nitrogens is 2. The summed E-state index contributed by atoms with van der Waals surface area (Å²) in [5.74, 6) is 0.185. The normalized spacial score (nSPS) is 10.7. The van der Waals surface area contributed by atoms with Gasteiger partial charge >= 0.3 is 10.7 Å². The Kier molecular flexibility index (Phi) is 6.11. The molecular weight excluding hydrogens is 402 g/mol. The molecule has 0 aliphatic carbocycles. The number of anilines is 1. The predicted molar refractivity (Wildman–Crippen MR) is 108 cm³/mol. The lowest BCUT2D eigenvalue weighted by Crippen LogP contribution is -2.36. The van der Waals surface area contributed by atoms with E-state index in [0.29, 0.717) is 16.5 Å². The summed E-state index contributed by atoms with van der Waals surface area (Å²) >= 11 is 7.16. The van der Waals surface area contributed by atoms with Crippen molar-refractivity contribution in [2.75, 3.05) is 18.2 Å². The van der Waals surface area contributed by atoms with Crippen molar-refractivity contribution >= 4 is 35.0 Å². The summed E-state index contributed by atoms with van der Waals surface area (Å²) in [6.45, 7) is 3.81. The molecule has 0 saturated heterocycles. The molecule has 0 aliphatic rings. The first-order chi connectivity index (χ1) is 13.4. The third-order valence-corrected chi connectivity index (χ3v) is 5.43. The van der Waals surface area contributed by atoms with Crippen LogP contribution in [0.3, 0.4) is 0 Å². The van der Waals surface area contributed by atoms with E-state index in [9.17, 15) is 9.59 Å². The molecular formula is C19H19ClN3O4S+. The van der Waals surface area contributed by atoms with E-state index in [-0.39, 0.29) is 16.7 Å². The number of methoxy groups -OCH3 is 1. The number of carbonyl (C=O) groups is 1. The number of hydrogen-bond donors (Lipinski definition) is 2. The molecule has 0 atom stereocenters. The number of halogens is 1. The van der Waals surface area contributed by atoms with Crippen molar-refractivity contribution in [1.82, 2.24) is 5.27 Å². The SMILES string of the molecule is COc1cc(Cl)c(C)cc1NC(=O)CSc1c(=O)o[nH][n+]1-c1ccc(C)cc1. The second kappa shape index (κ2) is 8.53. The fourth-order valence-corrected chi connectivity index (χ4v) is 3.43. The minimum atomic E-state index is -0.543. The fraction of sp³-hybridized carbons (Fsp3) is 0.211. The first-order valence-electron chi connectivity index (χ1n) is 8.36. The number of carbonyl (C=O) groups excluding carboxylic acids is 1. The van der Waals surface area contributed by atoms with E-state index < -0.39 is 5.63 Å². The Balaban J connectivity index is 1.74. The van der Waals surface area contributed by atoms with E-state index in [0.717, 1.165) is 28.6 Å². The van der Waals surface area contributed by atoms with Gasteiger partial charge in [0.2, 0.25) is 11.6 Å². The van der Waals surface area contributed by atoms with Crippen LogP contribution in [0.15, 0.2) is 50.7 Å². The van der Waals surface area contributed by atoms with Crippen molar-refractivity contribution in [2.45, 2.75) is 18.9 Å². The van der Waals surface area contributed by atoms with Crippen LogP contribution in [-0.4, -0.2) is 24.0 Å². The molecule has 0 bridgehead atoms. The second-order valence-electron chi connectivity index (χ2n) is 6.10. The number of amides is 1. The zero-order valence-electron chi connectivity index (χ0n) is 15.5. The number of thioether (sulfide) groups is 1. The van der Waals surface area contributed by atoms with Crippen LogP contribution in [0.5, 0.6) is 5.75 Å². The molecule has 0 aliphatic heterocycles. The molecule has 0 saturated carbocycles. The summed E-state index contributed by atoms with van der Waals surface area (Å²) in [6.07, 6.45) is 0. The van der Waals surface area contributed by atoms with Gasteiger partial charge in [0.25, 0.3) is 0 Å². The number of hydrogen-bond acceptors (Lipinski definition) is 5. The molecule has 3 aromatic rings. The number of aromatic amines is 1. The van der Waals surface area contributed by atoms with Crippen molar-refractivity contribution in [3.63, 3.8) is 0 Å². The molecule has 7 nitrogen and oxygen atoms in total. The maximum absolute atomic E-state index is 12.4. The second-order valence-corrected chi connectivity index (χ2v) is 7.47. The Hall–Kier alpha value is -2.71. The number of rotatable bonds is 6. The van der Waals surface area contributed by atoms with E-state index in [4.69, 9.17) is 20.9 Å². The van der Waals surface area contributed by atoms with Gasteiger partial charge in [0.05, 0.1) is 18.6 Å². The summed E-state index contributed by atoms with van der Waals surface area (Å²) in [7, 11) is 1.50. The number of nitrogens with one attached hydrogen (secondary N) is 2. The lowest BCUT2D eigenvalue weighted by Gasteiger charge is -2.11. The molecule has 0 fully saturated rings. The highest BCUT2D eigenvalue weighted by molar-refractivity contribution is 7.99. The van der Waals surface area contributed by atoms with Gasteiger partial charge in [-0.25, -0.2) is 4.79 Å². The molecule has 1 heterocycles. The number of benzene rings is 2. The van der Waals surface area contributed by atoms with E-state index in [2.05, 4.69) is 10.6 Å². The maximum Gasteiger partial charge on any atom is 0.442 e. The molecule has 9 heteroatoms. The van der Waals surface area contributed by atoms with Crippen LogP contribution in [0.2, 0.25) is 5.02 Å². The van der Waals surface area contributed by atoms with Crippen LogP contribution < -0.4 is 20.4 Å². The zero-order valence-corrected chi connectivity index (χ0v) is 17.1. The molecule has 0 unspecified atom stereocenters. The first kappa shape index (κ1) is 20.0. The van der Waals surface area contributed by atoms with Gasteiger partial charge in [-0.3, -0.25) is 9.32 Å². The molecule has 28 heavy (non-hydrogen) atoms. The van der Waals surface area contributed by atoms with Gasteiger partial charge in [-0.15, -0.1) is 0 Å². The zero-order chi connectivity index (χ0) is 20.3. The van der Waals surface area contributed by atoms with Gasteiger partial charge in [0, 0.05) is 23.2 Å². The lowest BCUT2D eigenvalue weighted by atomic mass is 10.2. The number of nitrogens with zero attached hydrogens (tertiary/aromatic N) is 1. The lowest BCUT2D eigenvalue weighted by molar-refractivity contribution is -0.704. The van der Waals surface area contributed by atoms with Gasteiger partial charge in [0.15, 0.2) is 0 Å². The summed E-state index contributed by atoms with van der Waals surface area (Å²) in [6, 6.07) is 10.9. The third-order valence-electron chi connectivity index (χ3n) is 3.99. The summed E-state index contributed by atoms with van der Waals surface area (Å²) in [5.41, 5.74) is 2.61. The molecule has 0 radical (unpaired) electrons. The largest absolute Gasteiger partial charge is 0.495 e. The van der Waals surface area contributed by atoms with Crippen LogP contribution >= 0.6 is 23.4 Å². The monoisotopic (exact) mass is 420 g/mol. The van der Waals surface area contributed by atoms with E-state index in [1.807, 2.05) is 38.1 Å². The van der Waals surface area contributed by atoms with Crippen molar-refractivity contribution in [2.24, 2.45) is 0 Å². The average Bonchev–Trinajstić information content (AvgIpc) is 3.04. The van der Waals surface area contributed by atoms with E-state index in [1.54, 1.807) is 12.1 Å². The summed E-state index contributed by atoms with van der Waals surface area (Å²) < 4.78 is 11.7. The molecule has 3 rings (SSSR count). The highest BCUT2D eigenvalue weighted by atomic mass is 35.5. The van der Waals surface area contributed by atoms with E-state index in [1.165, 1.54) is 11.8 Å². The Labute approximate surface area is 170 Å². The van der Waals surface area contributed by atoms with Crippen LogP contribution in [-0.2, 0) is 4.79 Å².